The van der Waals surface area contributed by atoms with Gasteiger partial charge in [0.05, 0.1) is 30.8 Å². The van der Waals surface area contributed by atoms with Crippen molar-refractivity contribution in [2.75, 3.05) is 32.1 Å². The zero-order chi connectivity index (χ0) is 25.2. The molecule has 3 amide bonds. The molecule has 2 N–H and O–H groups in total. The van der Waals surface area contributed by atoms with E-state index in [1.54, 1.807) is 11.9 Å². The van der Waals surface area contributed by atoms with Gasteiger partial charge in [0, 0.05) is 26.2 Å². The van der Waals surface area contributed by atoms with Crippen LogP contribution in [-0.2, 0) is 16.1 Å². The van der Waals surface area contributed by atoms with Gasteiger partial charge in [0.15, 0.2) is 5.82 Å². The summed E-state index contributed by atoms with van der Waals surface area (Å²) in [6.45, 7) is 2.80. The Morgan fingerprint density at radius 3 is 2.54 bits per heavy atom. The number of amides is 3. The van der Waals surface area contributed by atoms with Crippen molar-refractivity contribution in [1.82, 2.24) is 30.0 Å². The van der Waals surface area contributed by atoms with Crippen LogP contribution in [-0.4, -0.2) is 69.1 Å². The van der Waals surface area contributed by atoms with Crippen molar-refractivity contribution in [2.24, 2.45) is 0 Å². The van der Waals surface area contributed by atoms with Crippen LogP contribution in [0.5, 0.6) is 5.75 Å². The Hall–Kier alpha value is -4.35. The molecule has 2 aromatic heterocycles. The van der Waals surface area contributed by atoms with Crippen LogP contribution in [0.1, 0.15) is 22.6 Å². The van der Waals surface area contributed by atoms with E-state index in [0.29, 0.717) is 18.8 Å². The Bertz CT molecular complexity index is 1150. The van der Waals surface area contributed by atoms with E-state index in [4.69, 9.17) is 4.74 Å². The molecule has 35 heavy (non-hydrogen) atoms. The van der Waals surface area contributed by atoms with Gasteiger partial charge < -0.3 is 20.3 Å². The number of halogens is 1. The summed E-state index contributed by atoms with van der Waals surface area (Å²) < 4.78 is 19.9. The molecular weight excluding hydrogens is 457 g/mol. The number of likely N-dealkylation sites (N-methyl/N-ethyl adjacent to an activating group) is 1. The third kappa shape index (κ3) is 8.18. The fraction of sp³-hybridized carbons (Fsp3) is 0.304. The van der Waals surface area contributed by atoms with Gasteiger partial charge >= 0.3 is 0 Å². The van der Waals surface area contributed by atoms with Crippen LogP contribution in [0.2, 0.25) is 0 Å². The first-order chi connectivity index (χ1) is 16.8. The molecule has 0 bridgehead atoms. The molecule has 184 valence electrons. The van der Waals surface area contributed by atoms with Crippen LogP contribution in [0.25, 0.3) is 0 Å². The highest BCUT2D eigenvalue weighted by molar-refractivity contribution is 5.92. The fourth-order valence-electron chi connectivity index (χ4n) is 2.86. The number of ether oxygens (including phenoxy) is 1. The van der Waals surface area contributed by atoms with E-state index < -0.39 is 11.7 Å². The Labute approximate surface area is 201 Å². The number of nitrogens with zero attached hydrogens (tertiary/aromatic N) is 5. The Balaban J connectivity index is 1.35. The van der Waals surface area contributed by atoms with E-state index in [-0.39, 0.29) is 37.1 Å². The molecule has 3 rings (SSSR count). The average molecular weight is 484 g/mol. The molecule has 3 aromatic rings. The molecule has 1 aromatic carbocycles. The van der Waals surface area contributed by atoms with Gasteiger partial charge in [-0.15, -0.1) is 0 Å². The minimum absolute atomic E-state index is 0.00459. The summed E-state index contributed by atoms with van der Waals surface area (Å²) in [5, 5.41) is 9.21. The first kappa shape index (κ1) is 25.3. The highest BCUT2D eigenvalue weighted by Gasteiger charge is 2.13. The Morgan fingerprint density at radius 2 is 1.83 bits per heavy atom. The van der Waals surface area contributed by atoms with E-state index in [9.17, 15) is 18.8 Å². The van der Waals surface area contributed by atoms with E-state index >= 15 is 0 Å². The average Bonchev–Trinajstić information content (AvgIpc) is 3.27. The number of hydrogen-bond acceptors (Lipinski definition) is 7. The van der Waals surface area contributed by atoms with Crippen molar-refractivity contribution in [2.45, 2.75) is 19.9 Å². The van der Waals surface area contributed by atoms with E-state index in [2.05, 4.69) is 25.7 Å². The monoisotopic (exact) mass is 483 g/mol. The first-order valence-electron chi connectivity index (χ1n) is 10.8. The molecule has 0 aliphatic rings. The summed E-state index contributed by atoms with van der Waals surface area (Å²) in [5.41, 5.74) is 1.56. The summed E-state index contributed by atoms with van der Waals surface area (Å²) in [7, 11) is 1.68. The maximum atomic E-state index is 12.8. The molecule has 11 nitrogen and oxygen atoms in total. The van der Waals surface area contributed by atoms with Gasteiger partial charge in [-0.25, -0.2) is 14.4 Å². The van der Waals surface area contributed by atoms with Crippen LogP contribution >= 0.6 is 0 Å². The van der Waals surface area contributed by atoms with Gasteiger partial charge in [0.1, 0.15) is 18.9 Å². The number of carbonyl (C=O) groups excluding carboxylic acids is 3. The lowest BCUT2D eigenvalue weighted by molar-refractivity contribution is -0.131. The zero-order valence-electron chi connectivity index (χ0n) is 19.4. The number of aryl methyl sites for hydroxylation is 1. The highest BCUT2D eigenvalue weighted by Crippen LogP contribution is 2.11. The van der Waals surface area contributed by atoms with Gasteiger partial charge in [0.2, 0.25) is 17.6 Å². The number of nitrogens with one attached hydrogen (secondary N) is 2. The molecule has 0 fully saturated rings. The Kier molecular flexibility index (Phi) is 8.82. The lowest BCUT2D eigenvalue weighted by atomic mass is 10.2. The predicted octanol–water partition coefficient (Wildman–Crippen LogP) is 1.42. The summed E-state index contributed by atoms with van der Waals surface area (Å²) in [6, 6.07) is 7.67. The van der Waals surface area contributed by atoms with Crippen LogP contribution in [0.15, 0.2) is 49.1 Å². The third-order valence-corrected chi connectivity index (χ3v) is 4.82. The molecular formula is C23H26FN7O4. The molecule has 12 heteroatoms. The zero-order valence-corrected chi connectivity index (χ0v) is 19.4. The minimum Gasteiger partial charge on any atom is -0.492 e. The smallest absolute Gasteiger partial charge is 0.289 e. The number of hydrogen-bond donors (Lipinski definition) is 2. The maximum absolute atomic E-state index is 12.8. The van der Waals surface area contributed by atoms with Crippen molar-refractivity contribution in [1.29, 1.82) is 0 Å². The second kappa shape index (κ2) is 12.2. The molecule has 0 spiro atoms. The standard InChI is InChI=1S/C23H26FN7O4/c1-16-3-5-19(6-4-16)35-10-9-30(2)21(33)15-31-14-18(13-28-31)29-20(32)7-8-25-23(34)22-26-11-17(24)12-27-22/h3-6,11-14H,7-10,15H2,1-2H3,(H,25,34)(H,29,32). The molecule has 0 aliphatic carbocycles. The van der Waals surface area contributed by atoms with E-state index in [1.165, 1.54) is 17.1 Å². The largest absolute Gasteiger partial charge is 0.492 e. The number of carbonyl (C=O) groups is 3. The second-order valence-corrected chi connectivity index (χ2v) is 7.68. The van der Waals surface area contributed by atoms with E-state index in [0.717, 1.165) is 23.7 Å². The van der Waals surface area contributed by atoms with Crippen molar-refractivity contribution in [3.8, 4) is 5.75 Å². The molecule has 0 radical (unpaired) electrons. The van der Waals surface area contributed by atoms with Gasteiger partial charge in [0.25, 0.3) is 5.91 Å². The molecule has 0 saturated heterocycles. The van der Waals surface area contributed by atoms with Crippen molar-refractivity contribution >= 4 is 23.4 Å². The first-order valence-corrected chi connectivity index (χ1v) is 10.8. The van der Waals surface area contributed by atoms with Crippen LogP contribution in [0.3, 0.4) is 0 Å². The van der Waals surface area contributed by atoms with Gasteiger partial charge in [-0.1, -0.05) is 17.7 Å². The summed E-state index contributed by atoms with van der Waals surface area (Å²) >= 11 is 0. The summed E-state index contributed by atoms with van der Waals surface area (Å²) in [6.07, 6.45) is 4.72. The summed E-state index contributed by atoms with van der Waals surface area (Å²) in [4.78, 5) is 45.1. The number of anilines is 1. The third-order valence-electron chi connectivity index (χ3n) is 4.82. The van der Waals surface area contributed by atoms with Gasteiger partial charge in [-0.2, -0.15) is 5.10 Å². The van der Waals surface area contributed by atoms with Gasteiger partial charge in [-0.05, 0) is 19.1 Å². The Morgan fingerprint density at radius 1 is 1.11 bits per heavy atom. The van der Waals surface area contributed by atoms with Crippen molar-refractivity contribution < 1.29 is 23.5 Å². The quantitative estimate of drug-likeness (QED) is 0.422. The van der Waals surface area contributed by atoms with E-state index in [1.807, 2.05) is 31.2 Å². The SMILES string of the molecule is Cc1ccc(OCCN(C)C(=O)Cn2cc(NC(=O)CCNC(=O)c3ncc(F)cn3)cn2)cc1. The van der Waals surface area contributed by atoms with Crippen LogP contribution in [0.4, 0.5) is 10.1 Å². The topological polar surface area (TPSA) is 131 Å². The lowest BCUT2D eigenvalue weighted by Gasteiger charge is -2.17. The fourth-order valence-corrected chi connectivity index (χ4v) is 2.86. The molecule has 0 atom stereocenters. The van der Waals surface area contributed by atoms with Crippen molar-refractivity contribution in [3.63, 3.8) is 0 Å². The summed E-state index contributed by atoms with van der Waals surface area (Å²) in [5.74, 6) is -1.23. The second-order valence-electron chi connectivity index (χ2n) is 7.68. The van der Waals surface area contributed by atoms with Crippen LogP contribution < -0.4 is 15.4 Å². The minimum atomic E-state index is -0.651. The number of aromatic nitrogens is 4. The maximum Gasteiger partial charge on any atom is 0.289 e. The van der Waals surface area contributed by atoms with Crippen molar-refractivity contribution in [3.05, 3.63) is 66.3 Å². The van der Waals surface area contributed by atoms with Gasteiger partial charge in [-0.3, -0.25) is 19.1 Å². The molecule has 0 aliphatic heterocycles. The van der Waals surface area contributed by atoms with Crippen LogP contribution in [0, 0.1) is 12.7 Å². The normalized spacial score (nSPS) is 10.5. The number of benzene rings is 1. The molecule has 0 unspecified atom stereocenters. The molecule has 2 heterocycles. The molecule has 0 saturated carbocycles. The highest BCUT2D eigenvalue weighted by atomic mass is 19.1. The lowest BCUT2D eigenvalue weighted by Crippen LogP contribution is -2.33. The number of rotatable bonds is 11. The predicted molar refractivity (Wildman–Crippen MR) is 124 cm³/mol.